The standard InChI is InChI=1S/C15H21Cl2NO/c1-11(2)18-8-6-15(19,7-9-18)10-12-13(16)4-3-5-14(12)17/h3-5,11,19H,6-10H2,1-2H3. The first-order valence-corrected chi connectivity index (χ1v) is 7.56. The van der Waals surface area contributed by atoms with Crippen molar-refractivity contribution in [2.75, 3.05) is 13.1 Å². The van der Waals surface area contributed by atoms with E-state index in [4.69, 9.17) is 23.2 Å². The Morgan fingerprint density at radius 2 is 1.74 bits per heavy atom. The van der Waals surface area contributed by atoms with Gasteiger partial charge < -0.3 is 10.0 Å². The van der Waals surface area contributed by atoms with Crippen molar-refractivity contribution in [2.45, 2.75) is 44.8 Å². The van der Waals surface area contributed by atoms with E-state index in [0.717, 1.165) is 31.5 Å². The predicted molar refractivity (Wildman–Crippen MR) is 81.1 cm³/mol. The summed E-state index contributed by atoms with van der Waals surface area (Å²) in [5.74, 6) is 0. The molecule has 1 N–H and O–H groups in total. The third-order valence-corrected chi connectivity index (χ3v) is 4.73. The zero-order valence-electron chi connectivity index (χ0n) is 11.5. The van der Waals surface area contributed by atoms with Gasteiger partial charge in [0.1, 0.15) is 0 Å². The van der Waals surface area contributed by atoms with Crippen LogP contribution in [0.4, 0.5) is 0 Å². The van der Waals surface area contributed by atoms with E-state index in [1.165, 1.54) is 0 Å². The van der Waals surface area contributed by atoms with Crippen molar-refractivity contribution < 1.29 is 5.11 Å². The Balaban J connectivity index is 2.07. The van der Waals surface area contributed by atoms with Gasteiger partial charge >= 0.3 is 0 Å². The van der Waals surface area contributed by atoms with Crippen molar-refractivity contribution in [1.82, 2.24) is 4.90 Å². The lowest BCUT2D eigenvalue weighted by Crippen LogP contribution is -2.47. The lowest BCUT2D eigenvalue weighted by molar-refractivity contribution is -0.0271. The lowest BCUT2D eigenvalue weighted by Gasteiger charge is -2.40. The maximum atomic E-state index is 10.7. The van der Waals surface area contributed by atoms with Crippen LogP contribution in [-0.2, 0) is 6.42 Å². The second-order valence-electron chi connectivity index (χ2n) is 5.73. The van der Waals surface area contributed by atoms with E-state index in [1.54, 1.807) is 0 Å². The molecule has 0 aliphatic carbocycles. The van der Waals surface area contributed by atoms with Gasteiger partial charge in [-0.2, -0.15) is 0 Å². The van der Waals surface area contributed by atoms with Crippen LogP contribution in [0.5, 0.6) is 0 Å². The molecule has 0 unspecified atom stereocenters. The van der Waals surface area contributed by atoms with Gasteiger partial charge in [-0.05, 0) is 44.4 Å². The number of aliphatic hydroxyl groups is 1. The van der Waals surface area contributed by atoms with Crippen LogP contribution >= 0.6 is 23.2 Å². The summed E-state index contributed by atoms with van der Waals surface area (Å²) in [4.78, 5) is 2.39. The van der Waals surface area contributed by atoms with Crippen molar-refractivity contribution in [3.8, 4) is 0 Å². The summed E-state index contributed by atoms with van der Waals surface area (Å²) in [6, 6.07) is 6.03. The summed E-state index contributed by atoms with van der Waals surface area (Å²) in [7, 11) is 0. The highest BCUT2D eigenvalue weighted by molar-refractivity contribution is 6.36. The summed E-state index contributed by atoms with van der Waals surface area (Å²) in [5.41, 5.74) is 0.186. The number of benzene rings is 1. The first kappa shape index (κ1) is 15.1. The molecule has 0 atom stereocenters. The van der Waals surface area contributed by atoms with Crippen molar-refractivity contribution in [2.24, 2.45) is 0 Å². The number of likely N-dealkylation sites (tertiary alicyclic amines) is 1. The number of halogens is 2. The van der Waals surface area contributed by atoms with Gasteiger partial charge in [0.15, 0.2) is 0 Å². The van der Waals surface area contributed by atoms with E-state index in [9.17, 15) is 5.11 Å². The number of hydrogen-bond donors (Lipinski definition) is 1. The van der Waals surface area contributed by atoms with E-state index in [2.05, 4.69) is 18.7 Å². The van der Waals surface area contributed by atoms with E-state index in [0.29, 0.717) is 22.5 Å². The average molecular weight is 302 g/mol. The molecule has 1 saturated heterocycles. The summed E-state index contributed by atoms with van der Waals surface area (Å²) in [6.07, 6.45) is 2.08. The SMILES string of the molecule is CC(C)N1CCC(O)(Cc2c(Cl)cccc2Cl)CC1. The minimum Gasteiger partial charge on any atom is -0.389 e. The van der Waals surface area contributed by atoms with Crippen LogP contribution in [0.2, 0.25) is 10.0 Å². The molecule has 0 amide bonds. The van der Waals surface area contributed by atoms with E-state index >= 15 is 0 Å². The summed E-state index contributed by atoms with van der Waals surface area (Å²) >= 11 is 12.4. The van der Waals surface area contributed by atoms with Crippen molar-refractivity contribution in [3.63, 3.8) is 0 Å². The molecule has 1 fully saturated rings. The molecule has 4 heteroatoms. The van der Waals surface area contributed by atoms with Gasteiger partial charge in [-0.1, -0.05) is 29.3 Å². The van der Waals surface area contributed by atoms with Gasteiger partial charge in [-0.15, -0.1) is 0 Å². The zero-order valence-corrected chi connectivity index (χ0v) is 13.0. The van der Waals surface area contributed by atoms with Crippen LogP contribution in [0.1, 0.15) is 32.3 Å². The van der Waals surface area contributed by atoms with Gasteiger partial charge in [0.25, 0.3) is 0 Å². The molecule has 0 saturated carbocycles. The van der Waals surface area contributed by atoms with Crippen LogP contribution in [0.3, 0.4) is 0 Å². The molecule has 1 aliphatic heterocycles. The molecule has 0 bridgehead atoms. The van der Waals surface area contributed by atoms with Gasteiger partial charge in [-0.3, -0.25) is 0 Å². The third kappa shape index (κ3) is 3.63. The maximum absolute atomic E-state index is 10.7. The fourth-order valence-electron chi connectivity index (χ4n) is 2.66. The van der Waals surface area contributed by atoms with Crippen LogP contribution in [-0.4, -0.2) is 34.7 Å². The number of nitrogens with zero attached hydrogens (tertiary/aromatic N) is 1. The number of hydrogen-bond acceptors (Lipinski definition) is 2. The monoisotopic (exact) mass is 301 g/mol. The van der Waals surface area contributed by atoms with Crippen LogP contribution in [0.15, 0.2) is 18.2 Å². The Morgan fingerprint density at radius 1 is 1.21 bits per heavy atom. The fraction of sp³-hybridized carbons (Fsp3) is 0.600. The van der Waals surface area contributed by atoms with Gasteiger partial charge in [-0.25, -0.2) is 0 Å². The van der Waals surface area contributed by atoms with Crippen molar-refractivity contribution in [3.05, 3.63) is 33.8 Å². The Labute approximate surface area is 125 Å². The molecule has 0 aromatic heterocycles. The molecule has 1 heterocycles. The quantitative estimate of drug-likeness (QED) is 0.918. The van der Waals surface area contributed by atoms with E-state index in [-0.39, 0.29) is 0 Å². The molecule has 0 radical (unpaired) electrons. The second-order valence-corrected chi connectivity index (χ2v) is 6.55. The van der Waals surface area contributed by atoms with E-state index < -0.39 is 5.60 Å². The molecule has 2 rings (SSSR count). The molecular weight excluding hydrogens is 281 g/mol. The van der Waals surface area contributed by atoms with E-state index in [1.807, 2.05) is 18.2 Å². The van der Waals surface area contributed by atoms with Crippen LogP contribution < -0.4 is 0 Å². The van der Waals surface area contributed by atoms with Crippen molar-refractivity contribution >= 4 is 23.2 Å². The predicted octanol–water partition coefficient (Wildman–Crippen LogP) is 3.77. The minimum absolute atomic E-state index is 0.536. The highest BCUT2D eigenvalue weighted by Crippen LogP contribution is 2.33. The molecule has 1 aromatic carbocycles. The normalized spacial score (nSPS) is 19.9. The second kappa shape index (κ2) is 6.01. The Hall–Kier alpha value is -0.280. The van der Waals surface area contributed by atoms with Gasteiger partial charge in [0.05, 0.1) is 5.60 Å². The maximum Gasteiger partial charge on any atom is 0.0713 e. The topological polar surface area (TPSA) is 23.5 Å². The first-order valence-electron chi connectivity index (χ1n) is 6.81. The van der Waals surface area contributed by atoms with Gasteiger partial charge in [0.2, 0.25) is 0 Å². The molecule has 0 spiro atoms. The number of piperidine rings is 1. The average Bonchev–Trinajstić information content (AvgIpc) is 2.35. The fourth-order valence-corrected chi connectivity index (χ4v) is 3.19. The molecule has 1 aliphatic rings. The summed E-state index contributed by atoms with van der Waals surface area (Å²) in [6.45, 7) is 6.23. The highest BCUT2D eigenvalue weighted by Gasteiger charge is 2.34. The zero-order chi connectivity index (χ0) is 14.0. The largest absolute Gasteiger partial charge is 0.389 e. The molecule has 106 valence electrons. The smallest absolute Gasteiger partial charge is 0.0713 e. The Morgan fingerprint density at radius 3 is 2.21 bits per heavy atom. The summed E-state index contributed by atoms with van der Waals surface area (Å²) in [5, 5.41) is 12.0. The molecule has 19 heavy (non-hydrogen) atoms. The summed E-state index contributed by atoms with van der Waals surface area (Å²) < 4.78 is 0. The Kier molecular flexibility index (Phi) is 4.78. The number of rotatable bonds is 3. The van der Waals surface area contributed by atoms with Gasteiger partial charge in [0, 0.05) is 35.6 Å². The third-order valence-electron chi connectivity index (χ3n) is 4.03. The molecule has 1 aromatic rings. The van der Waals surface area contributed by atoms with Crippen LogP contribution in [0, 0.1) is 0 Å². The molecular formula is C15H21Cl2NO. The minimum atomic E-state index is -0.681. The van der Waals surface area contributed by atoms with Crippen LogP contribution in [0.25, 0.3) is 0 Å². The Bertz CT molecular complexity index is 420. The lowest BCUT2D eigenvalue weighted by atomic mass is 9.85. The van der Waals surface area contributed by atoms with Crippen molar-refractivity contribution in [1.29, 1.82) is 0 Å². The molecule has 2 nitrogen and oxygen atoms in total. The highest BCUT2D eigenvalue weighted by atomic mass is 35.5. The first-order chi connectivity index (χ1) is 8.91.